The number of hydrogen-bond acceptors (Lipinski definition) is 8. The number of sulfonamides is 1. The van der Waals surface area contributed by atoms with Gasteiger partial charge in [-0.3, -0.25) is 9.52 Å². The maximum atomic E-state index is 14.2. The van der Waals surface area contributed by atoms with Gasteiger partial charge in [0.25, 0.3) is 15.9 Å². The Kier molecular flexibility index (Phi) is 12.0. The van der Waals surface area contributed by atoms with E-state index in [0.29, 0.717) is 18.9 Å². The van der Waals surface area contributed by atoms with Crippen LogP contribution in [-0.4, -0.2) is 96.9 Å². The molecule has 0 fully saturated rings. The lowest BCUT2D eigenvalue weighted by molar-refractivity contribution is -0.0167. The first-order valence-corrected chi connectivity index (χ1v) is 16.0. The number of benzene rings is 1. The topological polar surface area (TPSA) is 126 Å². The highest BCUT2D eigenvalue weighted by atomic mass is 32.2. The minimum absolute atomic E-state index is 0.0238. The Hall–Kier alpha value is -2.67. The Morgan fingerprint density at radius 2 is 2.02 bits per heavy atom. The van der Waals surface area contributed by atoms with Crippen molar-refractivity contribution in [2.24, 2.45) is 13.0 Å². The lowest BCUT2D eigenvalue weighted by atomic mass is 10.0. The largest absolute Gasteiger partial charge is 0.490 e. The highest BCUT2D eigenvalue weighted by Crippen LogP contribution is 2.29. The van der Waals surface area contributed by atoms with Crippen LogP contribution < -0.4 is 9.46 Å². The molecule has 3 rings (SSSR count). The van der Waals surface area contributed by atoms with Crippen LogP contribution in [0, 0.1) is 5.92 Å². The number of nitrogens with zero attached hydrogens (tertiary/aromatic N) is 4. The van der Waals surface area contributed by atoms with Gasteiger partial charge in [-0.2, -0.15) is 8.42 Å². The van der Waals surface area contributed by atoms with Crippen molar-refractivity contribution in [1.29, 1.82) is 0 Å². The maximum absolute atomic E-state index is 14.2. The van der Waals surface area contributed by atoms with Gasteiger partial charge in [0.2, 0.25) is 0 Å². The van der Waals surface area contributed by atoms with Gasteiger partial charge in [-0.1, -0.05) is 13.8 Å². The minimum Gasteiger partial charge on any atom is -0.490 e. The normalized spacial score (nSPS) is 22.1. The zero-order chi connectivity index (χ0) is 30.2. The molecule has 12 heteroatoms. The number of carbonyl (C=O) groups excluding carboxylic acids is 1. The lowest BCUT2D eigenvalue weighted by Gasteiger charge is -2.35. The second kappa shape index (κ2) is 15.0. The molecule has 1 aromatic heterocycles. The van der Waals surface area contributed by atoms with E-state index in [4.69, 9.17) is 9.47 Å². The molecule has 1 aromatic carbocycles. The summed E-state index contributed by atoms with van der Waals surface area (Å²) in [5.74, 6) is 0.000140. The summed E-state index contributed by atoms with van der Waals surface area (Å²) in [6.07, 6.45) is 6.15. The lowest BCUT2D eigenvalue weighted by Crippen LogP contribution is -2.47. The Morgan fingerprint density at radius 1 is 1.27 bits per heavy atom. The molecule has 0 radical (unpaired) electrons. The van der Waals surface area contributed by atoms with Crippen molar-refractivity contribution in [3.05, 3.63) is 36.3 Å². The number of aromatic nitrogens is 2. The van der Waals surface area contributed by atoms with E-state index < -0.39 is 16.1 Å². The van der Waals surface area contributed by atoms with E-state index in [1.165, 1.54) is 18.6 Å². The molecular formula is C29H47N5O6S. The van der Waals surface area contributed by atoms with Crippen molar-refractivity contribution in [3.8, 4) is 5.75 Å². The molecule has 2 N–H and O–H groups in total. The van der Waals surface area contributed by atoms with E-state index in [2.05, 4.69) is 35.5 Å². The fourth-order valence-electron chi connectivity index (χ4n) is 4.96. The summed E-state index contributed by atoms with van der Waals surface area (Å²) < 4.78 is 42.6. The van der Waals surface area contributed by atoms with Gasteiger partial charge in [-0.15, -0.1) is 0 Å². The molecule has 2 heterocycles. The molecular weight excluding hydrogens is 546 g/mol. The monoisotopic (exact) mass is 593 g/mol. The number of ether oxygens (including phenoxy) is 2. The summed E-state index contributed by atoms with van der Waals surface area (Å²) in [7, 11) is -0.211. The van der Waals surface area contributed by atoms with Gasteiger partial charge < -0.3 is 28.9 Å². The quantitative estimate of drug-likeness (QED) is 0.453. The fraction of sp³-hybridized carbons (Fsp3) is 0.655. The maximum Gasteiger partial charge on any atom is 0.280 e. The minimum atomic E-state index is -3.97. The summed E-state index contributed by atoms with van der Waals surface area (Å²) >= 11 is 0. The molecule has 11 nitrogen and oxygen atoms in total. The molecule has 1 aliphatic heterocycles. The van der Waals surface area contributed by atoms with Crippen molar-refractivity contribution in [3.63, 3.8) is 0 Å². The Balaban J connectivity index is 2.00. The summed E-state index contributed by atoms with van der Waals surface area (Å²) in [6, 6.07) is 4.23. The molecule has 0 saturated heterocycles. The SMILES string of the molecule is CCCN(C)C[C@@H]1OCCCC[C@@H](C)Oc2ccc(NS(=O)(=O)c3cn(C)cn3)cc2C(=O)N([C@@H](C)CO)C[C@@H]1C. The molecule has 0 bridgehead atoms. The molecule has 4 atom stereocenters. The third-order valence-corrected chi connectivity index (χ3v) is 8.62. The van der Waals surface area contributed by atoms with Gasteiger partial charge in [-0.05, 0) is 71.3 Å². The van der Waals surface area contributed by atoms with Gasteiger partial charge in [0.15, 0.2) is 5.03 Å². The second-order valence-electron chi connectivity index (χ2n) is 11.3. The van der Waals surface area contributed by atoms with E-state index in [0.717, 1.165) is 38.8 Å². The van der Waals surface area contributed by atoms with Gasteiger partial charge in [0.1, 0.15) is 5.75 Å². The van der Waals surface area contributed by atoms with E-state index in [9.17, 15) is 18.3 Å². The third-order valence-electron chi connectivity index (χ3n) is 7.36. The van der Waals surface area contributed by atoms with Crippen molar-refractivity contribution < 1.29 is 27.8 Å². The number of nitrogens with one attached hydrogen (secondary N) is 1. The fourth-order valence-corrected chi connectivity index (χ4v) is 6.00. The third kappa shape index (κ3) is 9.16. The smallest absolute Gasteiger partial charge is 0.280 e. The molecule has 0 unspecified atom stereocenters. The highest BCUT2D eigenvalue weighted by molar-refractivity contribution is 7.92. The molecule has 1 amide bonds. The highest BCUT2D eigenvalue weighted by Gasteiger charge is 2.30. The van der Waals surface area contributed by atoms with E-state index in [-0.39, 0.29) is 46.9 Å². The number of likely N-dealkylation sites (N-methyl/N-ethyl adjacent to an activating group) is 1. The van der Waals surface area contributed by atoms with Crippen molar-refractivity contribution >= 4 is 21.6 Å². The predicted octanol–water partition coefficient (Wildman–Crippen LogP) is 3.36. The zero-order valence-corrected chi connectivity index (χ0v) is 26.1. The number of aryl methyl sites for hydroxylation is 1. The van der Waals surface area contributed by atoms with Crippen LogP contribution in [0.4, 0.5) is 5.69 Å². The van der Waals surface area contributed by atoms with Crippen LogP contribution in [-0.2, 0) is 21.8 Å². The van der Waals surface area contributed by atoms with Crippen LogP contribution >= 0.6 is 0 Å². The average Bonchev–Trinajstić information content (AvgIpc) is 3.37. The van der Waals surface area contributed by atoms with Crippen molar-refractivity contribution in [2.45, 2.75) is 76.7 Å². The van der Waals surface area contributed by atoms with Gasteiger partial charge in [-0.25, -0.2) is 4.98 Å². The first kappa shape index (κ1) is 32.8. The van der Waals surface area contributed by atoms with Crippen LogP contribution in [0.2, 0.25) is 0 Å². The first-order valence-electron chi connectivity index (χ1n) is 14.5. The van der Waals surface area contributed by atoms with Crippen LogP contribution in [0.5, 0.6) is 5.75 Å². The number of hydrogen-bond donors (Lipinski definition) is 2. The molecule has 41 heavy (non-hydrogen) atoms. The number of amides is 1. The summed E-state index contributed by atoms with van der Waals surface area (Å²) in [6.45, 7) is 10.4. The van der Waals surface area contributed by atoms with Gasteiger partial charge in [0.05, 0.1) is 36.7 Å². The number of imidazole rings is 1. The van der Waals surface area contributed by atoms with Crippen LogP contribution in [0.25, 0.3) is 0 Å². The number of aliphatic hydroxyl groups excluding tert-OH is 1. The Bertz CT molecular complexity index is 1240. The van der Waals surface area contributed by atoms with Crippen molar-refractivity contribution in [1.82, 2.24) is 19.4 Å². The van der Waals surface area contributed by atoms with E-state index in [1.807, 2.05) is 6.92 Å². The first-order chi connectivity index (χ1) is 19.4. The van der Waals surface area contributed by atoms with E-state index >= 15 is 0 Å². The Morgan fingerprint density at radius 3 is 2.68 bits per heavy atom. The van der Waals surface area contributed by atoms with Gasteiger partial charge >= 0.3 is 0 Å². The summed E-state index contributed by atoms with van der Waals surface area (Å²) in [5.41, 5.74) is 0.440. The Labute approximate surface area is 244 Å². The molecule has 0 saturated carbocycles. The number of rotatable bonds is 9. The van der Waals surface area contributed by atoms with Crippen LogP contribution in [0.1, 0.15) is 63.7 Å². The number of anilines is 1. The van der Waals surface area contributed by atoms with Gasteiger partial charge in [0, 0.05) is 44.5 Å². The van der Waals surface area contributed by atoms with Crippen molar-refractivity contribution in [2.75, 3.05) is 44.6 Å². The second-order valence-corrected chi connectivity index (χ2v) is 12.9. The van der Waals surface area contributed by atoms with Crippen LogP contribution in [0.15, 0.2) is 35.7 Å². The zero-order valence-electron chi connectivity index (χ0n) is 25.2. The summed E-state index contributed by atoms with van der Waals surface area (Å²) in [5, 5.41) is 9.98. The molecule has 2 aromatic rings. The standard InChI is InChI=1S/C29H47N5O6S/c1-7-13-32(5)17-27-21(2)16-34(22(3)19-35)29(36)25-15-24(31-41(37,38)28-18-33(6)20-30-28)11-12-26(25)40-23(4)10-8-9-14-39-27/h11-12,15,18,20-23,27,31,35H,7-10,13-14,16-17,19H2,1-6H3/t21-,22-,23+,27-/m0/s1. The number of aliphatic hydroxyl groups is 1. The number of carbonyl (C=O) groups is 1. The molecule has 0 spiro atoms. The predicted molar refractivity (Wildman–Crippen MR) is 159 cm³/mol. The molecule has 1 aliphatic rings. The van der Waals surface area contributed by atoms with E-state index in [1.54, 1.807) is 35.6 Å². The molecule has 0 aliphatic carbocycles. The average molecular weight is 594 g/mol. The van der Waals surface area contributed by atoms with Crippen LogP contribution in [0.3, 0.4) is 0 Å². The molecule has 230 valence electrons. The number of fused-ring (bicyclic) bond motifs is 1. The summed E-state index contributed by atoms with van der Waals surface area (Å²) in [4.78, 5) is 22.0.